The summed E-state index contributed by atoms with van der Waals surface area (Å²) in [5, 5.41) is 1.75. The number of methoxy groups -OCH3 is 1. The highest BCUT2D eigenvalue weighted by Gasteiger charge is 2.22. The molecule has 5 rings (SSSR count). The second kappa shape index (κ2) is 12.8. The molecule has 0 aliphatic carbocycles. The summed E-state index contributed by atoms with van der Waals surface area (Å²) in [5.41, 5.74) is 9.51. The van der Waals surface area contributed by atoms with Crippen LogP contribution in [-0.2, 0) is 4.74 Å². The summed E-state index contributed by atoms with van der Waals surface area (Å²) in [6.07, 6.45) is 3.31. The van der Waals surface area contributed by atoms with Crippen LogP contribution in [0.5, 0.6) is 0 Å². The smallest absolute Gasteiger partial charge is 0.196 e. The molecule has 1 aliphatic rings. The van der Waals surface area contributed by atoms with Crippen LogP contribution >= 0.6 is 11.3 Å². The van der Waals surface area contributed by atoms with Gasteiger partial charge >= 0.3 is 0 Å². The molecule has 180 valence electrons. The highest BCUT2D eigenvalue weighted by molar-refractivity contribution is 7.17. The first kappa shape index (κ1) is 25.4. The topological polar surface area (TPSA) is 111 Å². The lowest BCUT2D eigenvalue weighted by molar-refractivity contribution is 0.160. The number of hydrogen-bond acceptors (Lipinski definition) is 7. The Labute approximate surface area is 204 Å². The Morgan fingerprint density at radius 2 is 1.79 bits per heavy atom. The average molecular weight is 481 g/mol. The normalized spacial score (nSPS) is 15.3. The zero-order valence-electron chi connectivity index (χ0n) is 19.6. The van der Waals surface area contributed by atoms with E-state index in [1.54, 1.807) is 23.7 Å². The van der Waals surface area contributed by atoms with Gasteiger partial charge in [-0.3, -0.25) is 10.2 Å². The molecule has 0 unspecified atom stereocenters. The third-order valence-corrected chi connectivity index (χ3v) is 6.58. The molecule has 9 heteroatoms. The van der Waals surface area contributed by atoms with Crippen LogP contribution in [-0.4, -0.2) is 47.6 Å². The number of likely N-dealkylation sites (tertiary alicyclic amines) is 1. The fourth-order valence-corrected chi connectivity index (χ4v) is 4.87. The Bertz CT molecular complexity index is 1150. The fraction of sp³-hybridized carbons (Fsp3) is 0.320. The van der Waals surface area contributed by atoms with Crippen molar-refractivity contribution < 1.29 is 4.74 Å². The van der Waals surface area contributed by atoms with Crippen LogP contribution in [0.1, 0.15) is 22.8 Å². The molecule has 1 atom stereocenters. The van der Waals surface area contributed by atoms with Gasteiger partial charge in [-0.25, -0.2) is 4.98 Å². The molecule has 2 aromatic carbocycles. The number of aromatic nitrogens is 2. The molecule has 3 heterocycles. The summed E-state index contributed by atoms with van der Waals surface area (Å²) < 4.78 is 7.05. The number of ether oxygens (including phenoxy) is 1. The van der Waals surface area contributed by atoms with Gasteiger partial charge < -0.3 is 15.4 Å². The molecule has 1 aliphatic heterocycles. The Kier molecular flexibility index (Phi) is 9.57. The van der Waals surface area contributed by atoms with E-state index in [9.17, 15) is 0 Å². The predicted octanol–water partition coefficient (Wildman–Crippen LogP) is 4.70. The maximum Gasteiger partial charge on any atom is 0.196 e. The minimum atomic E-state index is 0.713. The van der Waals surface area contributed by atoms with Gasteiger partial charge in [0.15, 0.2) is 4.96 Å². The van der Waals surface area contributed by atoms with E-state index in [2.05, 4.69) is 53.0 Å². The lowest BCUT2D eigenvalue weighted by atomic mass is 9.99. The number of nitrogen functional groups attached to an aromatic ring is 1. The molecular formula is C25H32N6O2S. The second-order valence-electron chi connectivity index (χ2n) is 8.00. The van der Waals surface area contributed by atoms with Crippen LogP contribution in [0.3, 0.4) is 0 Å². The number of benzene rings is 2. The first-order chi connectivity index (χ1) is 16.6. The number of rotatable bonds is 5. The number of thiazole rings is 1. The maximum absolute atomic E-state index is 8.33. The SMILES string of the molecule is COCCN1CC[C@H](c2ccccc2)C1.Cc1cn2c(N)c(-c3ccccc3)nc2s1.NN=O. The molecule has 8 nitrogen and oxygen atoms in total. The van der Waals surface area contributed by atoms with E-state index in [0.29, 0.717) is 5.82 Å². The van der Waals surface area contributed by atoms with Crippen molar-refractivity contribution in [3.63, 3.8) is 0 Å². The van der Waals surface area contributed by atoms with Gasteiger partial charge in [-0.15, -0.1) is 16.2 Å². The second-order valence-corrected chi connectivity index (χ2v) is 9.21. The molecule has 0 bridgehead atoms. The minimum absolute atomic E-state index is 0.713. The van der Waals surface area contributed by atoms with Gasteiger partial charge in [0.05, 0.1) is 6.61 Å². The molecule has 1 saturated heterocycles. The third kappa shape index (κ3) is 6.63. The number of imidazole rings is 1. The minimum Gasteiger partial charge on any atom is -0.383 e. The molecule has 4 N–H and O–H groups in total. The van der Waals surface area contributed by atoms with Crippen molar-refractivity contribution in [1.29, 1.82) is 0 Å². The summed E-state index contributed by atoms with van der Waals surface area (Å²) in [4.78, 5) is 17.5. The number of nitrogens with zero attached hydrogens (tertiary/aromatic N) is 4. The zero-order chi connectivity index (χ0) is 24.3. The molecule has 0 radical (unpaired) electrons. The third-order valence-electron chi connectivity index (χ3n) is 5.68. The van der Waals surface area contributed by atoms with Gasteiger partial charge in [-0.2, -0.15) is 0 Å². The monoisotopic (exact) mass is 480 g/mol. The first-order valence-corrected chi connectivity index (χ1v) is 12.0. The Morgan fingerprint density at radius 3 is 2.41 bits per heavy atom. The van der Waals surface area contributed by atoms with Gasteiger partial charge in [0.25, 0.3) is 0 Å². The number of fused-ring (bicyclic) bond motifs is 1. The van der Waals surface area contributed by atoms with Crippen molar-refractivity contribution in [2.24, 2.45) is 11.1 Å². The van der Waals surface area contributed by atoms with Crippen LogP contribution in [0.4, 0.5) is 5.82 Å². The van der Waals surface area contributed by atoms with E-state index in [-0.39, 0.29) is 0 Å². The maximum atomic E-state index is 8.33. The van der Waals surface area contributed by atoms with Crippen molar-refractivity contribution in [1.82, 2.24) is 14.3 Å². The lowest BCUT2D eigenvalue weighted by Crippen LogP contribution is -2.24. The summed E-state index contributed by atoms with van der Waals surface area (Å²) >= 11 is 1.65. The predicted molar refractivity (Wildman–Crippen MR) is 140 cm³/mol. The van der Waals surface area contributed by atoms with Crippen molar-refractivity contribution in [3.05, 3.63) is 82.2 Å². The number of hydrogen-bond donors (Lipinski definition) is 2. The molecular weight excluding hydrogens is 448 g/mol. The quantitative estimate of drug-likeness (QED) is 0.243. The van der Waals surface area contributed by atoms with Gasteiger partial charge in [0.1, 0.15) is 11.5 Å². The van der Waals surface area contributed by atoms with E-state index in [1.807, 2.05) is 40.9 Å². The number of nitroso groups, excluding NO2 is 1. The van der Waals surface area contributed by atoms with Crippen molar-refractivity contribution in [2.75, 3.05) is 39.1 Å². The Hall–Kier alpha value is -3.27. The van der Waals surface area contributed by atoms with Crippen LogP contribution in [0.2, 0.25) is 0 Å². The van der Waals surface area contributed by atoms with E-state index in [0.717, 1.165) is 35.3 Å². The summed E-state index contributed by atoms with van der Waals surface area (Å²) in [7, 11) is 1.77. The van der Waals surface area contributed by atoms with Crippen molar-refractivity contribution >= 4 is 22.1 Å². The molecule has 0 spiro atoms. The molecule has 34 heavy (non-hydrogen) atoms. The highest BCUT2D eigenvalue weighted by Crippen LogP contribution is 2.29. The molecule has 1 fully saturated rings. The summed E-state index contributed by atoms with van der Waals surface area (Å²) in [6, 6.07) is 20.9. The van der Waals surface area contributed by atoms with Crippen molar-refractivity contribution in [2.45, 2.75) is 19.3 Å². The summed E-state index contributed by atoms with van der Waals surface area (Å²) in [5.74, 6) is 5.36. The number of nitrogens with two attached hydrogens (primary N) is 2. The first-order valence-electron chi connectivity index (χ1n) is 11.2. The number of aryl methyl sites for hydroxylation is 1. The molecule has 0 saturated carbocycles. The van der Waals surface area contributed by atoms with E-state index < -0.39 is 0 Å². The van der Waals surface area contributed by atoms with Gasteiger partial charge in [0.2, 0.25) is 0 Å². The van der Waals surface area contributed by atoms with Crippen LogP contribution in [0.25, 0.3) is 16.2 Å². The van der Waals surface area contributed by atoms with E-state index >= 15 is 0 Å². The van der Waals surface area contributed by atoms with E-state index in [1.165, 1.54) is 30.0 Å². The molecule has 0 amide bonds. The molecule has 2 aromatic heterocycles. The Balaban J connectivity index is 0.000000172. The van der Waals surface area contributed by atoms with Crippen LogP contribution < -0.4 is 11.6 Å². The van der Waals surface area contributed by atoms with Crippen LogP contribution in [0, 0.1) is 11.8 Å². The van der Waals surface area contributed by atoms with Gasteiger partial charge in [-0.05, 0) is 31.4 Å². The van der Waals surface area contributed by atoms with Crippen LogP contribution in [0.15, 0.2) is 72.1 Å². The Morgan fingerprint density at radius 1 is 1.15 bits per heavy atom. The zero-order valence-corrected chi connectivity index (χ0v) is 20.4. The van der Waals surface area contributed by atoms with E-state index in [4.69, 9.17) is 15.4 Å². The van der Waals surface area contributed by atoms with Gasteiger partial charge in [-0.1, -0.05) is 60.7 Å². The molecule has 4 aromatic rings. The average Bonchev–Trinajstić information content (AvgIpc) is 3.56. The fourth-order valence-electron chi connectivity index (χ4n) is 4.03. The summed E-state index contributed by atoms with van der Waals surface area (Å²) in [6.45, 7) is 6.37. The largest absolute Gasteiger partial charge is 0.383 e. The van der Waals surface area contributed by atoms with Crippen molar-refractivity contribution in [3.8, 4) is 11.3 Å². The number of anilines is 1. The standard InChI is InChI=1S/C13H19NO.C12H11N3S.H2N2O/c1-15-10-9-14-8-7-13(11-14)12-5-3-2-4-6-12;1-8-7-15-11(13)10(14-12(15)16-8)9-5-3-2-4-6-9;1-2-3/h2-6,13H,7-11H2,1H3;2-7H,13H2,1H3;(H2,1,3)/t13-;;/m0../s1. The lowest BCUT2D eigenvalue weighted by Gasteiger charge is -2.15. The van der Waals surface area contributed by atoms with Gasteiger partial charge in [0, 0.05) is 42.1 Å². The highest BCUT2D eigenvalue weighted by atomic mass is 32.1.